The van der Waals surface area contributed by atoms with E-state index in [1.807, 2.05) is 4.90 Å². The van der Waals surface area contributed by atoms with E-state index in [0.717, 1.165) is 24.9 Å². The lowest BCUT2D eigenvalue weighted by Crippen LogP contribution is -2.44. The van der Waals surface area contributed by atoms with Gasteiger partial charge in [-0.1, -0.05) is 12.1 Å². The van der Waals surface area contributed by atoms with Crippen molar-refractivity contribution in [1.29, 1.82) is 0 Å². The molecule has 0 aliphatic carbocycles. The van der Waals surface area contributed by atoms with Crippen molar-refractivity contribution in [3.63, 3.8) is 0 Å². The van der Waals surface area contributed by atoms with Gasteiger partial charge in [-0.2, -0.15) is 0 Å². The van der Waals surface area contributed by atoms with Crippen molar-refractivity contribution in [2.75, 3.05) is 26.2 Å². The molecule has 6 heteroatoms. The lowest BCUT2D eigenvalue weighted by atomic mass is 10.1. The quantitative estimate of drug-likeness (QED) is 0.925. The summed E-state index contributed by atoms with van der Waals surface area (Å²) < 4.78 is 18.7. The number of hydrogen-bond donors (Lipinski definition) is 1. The molecule has 0 spiro atoms. The van der Waals surface area contributed by atoms with E-state index in [4.69, 9.17) is 4.74 Å². The predicted octanol–water partition coefficient (Wildman–Crippen LogP) is 2.29. The van der Waals surface area contributed by atoms with Gasteiger partial charge in [0, 0.05) is 19.0 Å². The molecule has 4 nitrogen and oxygen atoms in total. The molecule has 2 fully saturated rings. The van der Waals surface area contributed by atoms with Crippen LogP contribution < -0.4 is 5.32 Å². The molecular formula is C16H22ClFN2O2. The second kappa shape index (κ2) is 7.90. The first kappa shape index (κ1) is 17.2. The molecule has 2 heterocycles. The lowest BCUT2D eigenvalue weighted by Gasteiger charge is -2.33. The molecule has 2 aliphatic heterocycles. The Hall–Kier alpha value is -1.17. The summed E-state index contributed by atoms with van der Waals surface area (Å²) in [5.41, 5.74) is 0.924. The summed E-state index contributed by atoms with van der Waals surface area (Å²) in [4.78, 5) is 14.2. The maximum Gasteiger partial charge on any atom is 0.224 e. The molecule has 0 radical (unpaired) electrons. The van der Waals surface area contributed by atoms with Gasteiger partial charge in [-0.25, -0.2) is 4.39 Å². The van der Waals surface area contributed by atoms with Gasteiger partial charge in [0.15, 0.2) is 0 Å². The van der Waals surface area contributed by atoms with Crippen LogP contribution in [-0.4, -0.2) is 43.1 Å². The van der Waals surface area contributed by atoms with Crippen LogP contribution in [0.5, 0.6) is 0 Å². The number of benzene rings is 1. The van der Waals surface area contributed by atoms with E-state index in [1.54, 1.807) is 12.1 Å². The van der Waals surface area contributed by atoms with E-state index in [-0.39, 0.29) is 30.2 Å². The van der Waals surface area contributed by atoms with Gasteiger partial charge in [0.25, 0.3) is 0 Å². The standard InChI is InChI=1S/C16H21FN2O2.ClH/c17-13-5-3-12(4-6-13)15-11-19(8-9-21-15)16(20)10-14-2-1-7-18-14;/h3-6,14-15,18H,1-2,7-11H2;1H. The fourth-order valence-electron chi connectivity index (χ4n) is 3.03. The summed E-state index contributed by atoms with van der Waals surface area (Å²) in [6.07, 6.45) is 2.65. The fraction of sp³-hybridized carbons (Fsp3) is 0.562. The Balaban J connectivity index is 0.00000176. The summed E-state index contributed by atoms with van der Waals surface area (Å²) in [5.74, 6) is -0.0698. The second-order valence-electron chi connectivity index (χ2n) is 5.75. The minimum atomic E-state index is -0.255. The Morgan fingerprint density at radius 1 is 1.36 bits per heavy atom. The van der Waals surface area contributed by atoms with Crippen LogP contribution in [0.2, 0.25) is 0 Å². The molecule has 2 aliphatic rings. The van der Waals surface area contributed by atoms with Crippen molar-refractivity contribution in [3.05, 3.63) is 35.6 Å². The topological polar surface area (TPSA) is 41.6 Å². The van der Waals surface area contributed by atoms with Gasteiger partial charge in [-0.3, -0.25) is 4.79 Å². The normalized spacial score (nSPS) is 24.9. The van der Waals surface area contributed by atoms with Gasteiger partial charge in [0.2, 0.25) is 5.91 Å². The maximum atomic E-state index is 13.0. The van der Waals surface area contributed by atoms with Crippen LogP contribution in [-0.2, 0) is 9.53 Å². The maximum absolute atomic E-state index is 13.0. The van der Waals surface area contributed by atoms with Crippen molar-refractivity contribution in [1.82, 2.24) is 10.2 Å². The number of carbonyl (C=O) groups is 1. The highest BCUT2D eigenvalue weighted by atomic mass is 35.5. The molecule has 0 saturated carbocycles. The molecular weight excluding hydrogens is 307 g/mol. The highest BCUT2D eigenvalue weighted by Gasteiger charge is 2.27. The number of halogens is 2. The lowest BCUT2D eigenvalue weighted by molar-refractivity contribution is -0.139. The molecule has 1 amide bonds. The number of carbonyl (C=O) groups excluding carboxylic acids is 1. The van der Waals surface area contributed by atoms with Crippen LogP contribution in [0.1, 0.15) is 30.9 Å². The third-order valence-corrected chi connectivity index (χ3v) is 4.24. The third-order valence-electron chi connectivity index (χ3n) is 4.24. The van der Waals surface area contributed by atoms with Gasteiger partial charge < -0.3 is 15.0 Å². The Kier molecular flexibility index (Phi) is 6.17. The zero-order valence-electron chi connectivity index (χ0n) is 12.5. The second-order valence-corrected chi connectivity index (χ2v) is 5.75. The number of hydrogen-bond acceptors (Lipinski definition) is 3. The Morgan fingerprint density at radius 2 is 2.14 bits per heavy atom. The molecule has 3 rings (SSSR count). The molecule has 22 heavy (non-hydrogen) atoms. The third kappa shape index (κ3) is 4.18. The fourth-order valence-corrected chi connectivity index (χ4v) is 3.03. The molecule has 0 bridgehead atoms. The highest BCUT2D eigenvalue weighted by Crippen LogP contribution is 2.23. The molecule has 1 N–H and O–H groups in total. The predicted molar refractivity (Wildman–Crippen MR) is 84.6 cm³/mol. The zero-order valence-corrected chi connectivity index (χ0v) is 13.3. The van der Waals surface area contributed by atoms with E-state index in [1.165, 1.54) is 12.1 Å². The molecule has 1 aromatic rings. The van der Waals surface area contributed by atoms with E-state index in [0.29, 0.717) is 32.2 Å². The van der Waals surface area contributed by atoms with Gasteiger partial charge in [0.1, 0.15) is 11.9 Å². The molecule has 2 atom stereocenters. The number of ether oxygens (including phenoxy) is 1. The average Bonchev–Trinajstić information content (AvgIpc) is 3.01. The van der Waals surface area contributed by atoms with E-state index in [2.05, 4.69) is 5.32 Å². The largest absolute Gasteiger partial charge is 0.370 e. The van der Waals surface area contributed by atoms with E-state index < -0.39 is 0 Å². The monoisotopic (exact) mass is 328 g/mol. The number of nitrogens with zero attached hydrogens (tertiary/aromatic N) is 1. The van der Waals surface area contributed by atoms with Gasteiger partial charge in [-0.05, 0) is 37.1 Å². The zero-order chi connectivity index (χ0) is 14.7. The SMILES string of the molecule is Cl.O=C(CC1CCCN1)N1CCOC(c2ccc(F)cc2)C1. The summed E-state index contributed by atoms with van der Waals surface area (Å²) >= 11 is 0. The van der Waals surface area contributed by atoms with Gasteiger partial charge in [0.05, 0.1) is 13.2 Å². The average molecular weight is 329 g/mol. The molecule has 1 aromatic carbocycles. The van der Waals surface area contributed by atoms with Crippen LogP contribution in [0.25, 0.3) is 0 Å². The van der Waals surface area contributed by atoms with E-state index >= 15 is 0 Å². The van der Waals surface area contributed by atoms with Crippen molar-refractivity contribution >= 4 is 18.3 Å². The summed E-state index contributed by atoms with van der Waals surface area (Å²) in [6.45, 7) is 2.74. The number of morpholine rings is 1. The van der Waals surface area contributed by atoms with Crippen LogP contribution in [0, 0.1) is 5.82 Å². The van der Waals surface area contributed by atoms with Crippen LogP contribution in [0.4, 0.5) is 4.39 Å². The van der Waals surface area contributed by atoms with Gasteiger partial charge >= 0.3 is 0 Å². The Labute approximate surface area is 136 Å². The van der Waals surface area contributed by atoms with Crippen LogP contribution in [0.15, 0.2) is 24.3 Å². The number of rotatable bonds is 3. The molecule has 122 valence electrons. The summed E-state index contributed by atoms with van der Waals surface area (Å²) in [5, 5.41) is 3.36. The Bertz CT molecular complexity index is 491. The van der Waals surface area contributed by atoms with Crippen LogP contribution in [0.3, 0.4) is 0 Å². The first-order valence-corrected chi connectivity index (χ1v) is 7.60. The Morgan fingerprint density at radius 3 is 2.82 bits per heavy atom. The number of nitrogens with one attached hydrogen (secondary N) is 1. The van der Waals surface area contributed by atoms with Crippen molar-refractivity contribution < 1.29 is 13.9 Å². The summed E-state index contributed by atoms with van der Waals surface area (Å²) in [6, 6.07) is 6.65. The van der Waals surface area contributed by atoms with Crippen molar-refractivity contribution in [3.8, 4) is 0 Å². The van der Waals surface area contributed by atoms with Crippen LogP contribution >= 0.6 is 12.4 Å². The highest BCUT2D eigenvalue weighted by molar-refractivity contribution is 5.85. The first-order valence-electron chi connectivity index (χ1n) is 7.60. The van der Waals surface area contributed by atoms with Crippen molar-refractivity contribution in [2.24, 2.45) is 0 Å². The number of amides is 1. The summed E-state index contributed by atoms with van der Waals surface area (Å²) in [7, 11) is 0. The molecule has 2 unspecified atom stereocenters. The smallest absolute Gasteiger partial charge is 0.224 e. The van der Waals surface area contributed by atoms with E-state index in [9.17, 15) is 9.18 Å². The minimum Gasteiger partial charge on any atom is -0.370 e. The minimum absolute atomic E-state index is 0. The first-order chi connectivity index (χ1) is 10.2. The van der Waals surface area contributed by atoms with Crippen molar-refractivity contribution in [2.45, 2.75) is 31.4 Å². The van der Waals surface area contributed by atoms with Gasteiger partial charge in [-0.15, -0.1) is 12.4 Å². The molecule has 0 aromatic heterocycles. The molecule has 2 saturated heterocycles.